The molecule has 3 aliphatic rings. The number of aliphatic hydroxyl groups is 2. The number of aliphatic hydroxyl groups excluding tert-OH is 1. The van der Waals surface area contributed by atoms with E-state index in [1.54, 1.807) is 0 Å². The van der Waals surface area contributed by atoms with E-state index in [1.165, 1.54) is 70.6 Å². The van der Waals surface area contributed by atoms with Crippen LogP contribution in [0, 0.1) is 23.7 Å². The Morgan fingerprint density at radius 2 is 1.24 bits per heavy atom. The number of hydrogen-bond acceptors (Lipinski definition) is 2. The first-order chi connectivity index (χ1) is 12.1. The minimum atomic E-state index is -0.356. The maximum Gasteiger partial charge on any atom is 0.0648 e. The summed E-state index contributed by atoms with van der Waals surface area (Å²) in [6.45, 7) is 2.31. The molecule has 3 fully saturated rings. The summed E-state index contributed by atoms with van der Waals surface area (Å²) in [4.78, 5) is 0. The van der Waals surface area contributed by atoms with Crippen LogP contribution in [0.4, 0.5) is 0 Å². The largest absolute Gasteiger partial charge is 0.393 e. The van der Waals surface area contributed by atoms with Gasteiger partial charge in [-0.3, -0.25) is 0 Å². The van der Waals surface area contributed by atoms with E-state index in [1.807, 2.05) is 0 Å². The molecule has 0 saturated heterocycles. The van der Waals surface area contributed by atoms with Crippen molar-refractivity contribution < 1.29 is 10.2 Å². The van der Waals surface area contributed by atoms with E-state index in [9.17, 15) is 10.2 Å². The molecule has 0 unspecified atom stereocenters. The van der Waals surface area contributed by atoms with Crippen LogP contribution in [0.3, 0.4) is 0 Å². The normalized spacial score (nSPS) is 43.1. The zero-order valence-electron chi connectivity index (χ0n) is 16.6. The average Bonchev–Trinajstić information content (AvgIpc) is 2.63. The van der Waals surface area contributed by atoms with Gasteiger partial charge in [-0.1, -0.05) is 45.4 Å². The van der Waals surface area contributed by atoms with Gasteiger partial charge in [0.25, 0.3) is 0 Å². The lowest BCUT2D eigenvalue weighted by atomic mass is 9.67. The Labute approximate surface area is 155 Å². The van der Waals surface area contributed by atoms with Gasteiger partial charge in [0.1, 0.15) is 0 Å². The Hall–Kier alpha value is -0.0800. The van der Waals surface area contributed by atoms with E-state index in [2.05, 4.69) is 6.92 Å². The molecule has 0 aromatic rings. The second-order valence-electron chi connectivity index (χ2n) is 9.84. The topological polar surface area (TPSA) is 40.5 Å². The maximum absolute atomic E-state index is 11.1. The standard InChI is InChI=1S/C23H42O2/c1-2-3-18-4-6-19(7-5-18)12-15-23(25)16-13-21(14-17-23)20-8-10-22(24)11-9-20/h18-22,24-25H,2-17H2,1H3/t18-,19-,20-,21?,22-,23?. The second kappa shape index (κ2) is 9.22. The van der Waals surface area contributed by atoms with E-state index in [0.717, 1.165) is 55.8 Å². The van der Waals surface area contributed by atoms with Crippen LogP contribution in [0.5, 0.6) is 0 Å². The minimum absolute atomic E-state index is 0.0378. The van der Waals surface area contributed by atoms with Gasteiger partial charge in [-0.2, -0.15) is 0 Å². The Bertz CT molecular complexity index is 370. The van der Waals surface area contributed by atoms with Gasteiger partial charge < -0.3 is 10.2 Å². The zero-order chi connectivity index (χ0) is 17.7. The first-order valence-electron chi connectivity index (χ1n) is 11.5. The van der Waals surface area contributed by atoms with Crippen molar-refractivity contribution in [2.75, 3.05) is 0 Å². The fourth-order valence-corrected chi connectivity index (χ4v) is 6.16. The first-order valence-corrected chi connectivity index (χ1v) is 11.5. The van der Waals surface area contributed by atoms with Gasteiger partial charge >= 0.3 is 0 Å². The van der Waals surface area contributed by atoms with Crippen LogP contribution in [0.1, 0.15) is 110 Å². The van der Waals surface area contributed by atoms with Gasteiger partial charge in [0.2, 0.25) is 0 Å². The van der Waals surface area contributed by atoms with E-state index < -0.39 is 0 Å². The van der Waals surface area contributed by atoms with Crippen LogP contribution < -0.4 is 0 Å². The molecule has 146 valence electrons. The molecule has 2 heteroatoms. The quantitative estimate of drug-likeness (QED) is 0.631. The number of rotatable bonds is 6. The van der Waals surface area contributed by atoms with Crippen molar-refractivity contribution in [2.45, 2.75) is 121 Å². The Morgan fingerprint density at radius 3 is 1.80 bits per heavy atom. The Balaban J connectivity index is 1.35. The van der Waals surface area contributed by atoms with E-state index in [-0.39, 0.29) is 11.7 Å². The molecule has 0 aliphatic heterocycles. The molecule has 25 heavy (non-hydrogen) atoms. The van der Waals surface area contributed by atoms with Gasteiger partial charge in [-0.05, 0) is 87.9 Å². The monoisotopic (exact) mass is 350 g/mol. The predicted octanol–water partition coefficient (Wildman–Crippen LogP) is 5.85. The molecule has 0 amide bonds. The maximum atomic E-state index is 11.1. The third-order valence-corrected chi connectivity index (χ3v) is 8.05. The zero-order valence-corrected chi connectivity index (χ0v) is 16.6. The van der Waals surface area contributed by atoms with Gasteiger partial charge in [0.05, 0.1) is 11.7 Å². The third kappa shape index (κ3) is 5.70. The Kier molecular flexibility index (Phi) is 7.26. The molecule has 2 nitrogen and oxygen atoms in total. The lowest BCUT2D eigenvalue weighted by molar-refractivity contribution is -0.0351. The van der Waals surface area contributed by atoms with E-state index >= 15 is 0 Å². The Morgan fingerprint density at radius 1 is 0.720 bits per heavy atom. The van der Waals surface area contributed by atoms with Crippen LogP contribution in [0.15, 0.2) is 0 Å². The summed E-state index contributed by atoms with van der Waals surface area (Å²) < 4.78 is 0. The highest BCUT2D eigenvalue weighted by Gasteiger charge is 2.37. The van der Waals surface area contributed by atoms with Crippen molar-refractivity contribution in [1.82, 2.24) is 0 Å². The van der Waals surface area contributed by atoms with Gasteiger partial charge in [-0.25, -0.2) is 0 Å². The van der Waals surface area contributed by atoms with Crippen molar-refractivity contribution in [3.63, 3.8) is 0 Å². The van der Waals surface area contributed by atoms with E-state index in [0.29, 0.717) is 0 Å². The summed E-state index contributed by atoms with van der Waals surface area (Å²) in [6.07, 6.45) is 19.7. The third-order valence-electron chi connectivity index (χ3n) is 8.05. The van der Waals surface area contributed by atoms with Crippen LogP contribution in [0.2, 0.25) is 0 Å². The van der Waals surface area contributed by atoms with Crippen LogP contribution in [0.25, 0.3) is 0 Å². The molecular weight excluding hydrogens is 308 g/mol. The average molecular weight is 351 g/mol. The van der Waals surface area contributed by atoms with E-state index in [4.69, 9.17) is 0 Å². The molecule has 2 N–H and O–H groups in total. The minimum Gasteiger partial charge on any atom is -0.393 e. The lowest BCUT2D eigenvalue weighted by Crippen LogP contribution is -2.37. The molecule has 3 aliphatic carbocycles. The molecule has 3 rings (SSSR count). The fraction of sp³-hybridized carbons (Fsp3) is 1.00. The van der Waals surface area contributed by atoms with Gasteiger partial charge in [0, 0.05) is 0 Å². The summed E-state index contributed by atoms with van der Waals surface area (Å²) in [6, 6.07) is 0. The first kappa shape index (κ1) is 19.7. The molecule has 0 aromatic heterocycles. The molecule has 0 atom stereocenters. The van der Waals surface area contributed by atoms with Crippen molar-refractivity contribution >= 4 is 0 Å². The summed E-state index contributed by atoms with van der Waals surface area (Å²) in [5.41, 5.74) is -0.356. The molecule has 0 heterocycles. The highest BCUT2D eigenvalue weighted by Crippen LogP contribution is 2.44. The fourth-order valence-electron chi connectivity index (χ4n) is 6.16. The van der Waals surface area contributed by atoms with Crippen molar-refractivity contribution in [1.29, 1.82) is 0 Å². The van der Waals surface area contributed by atoms with Crippen LogP contribution >= 0.6 is 0 Å². The predicted molar refractivity (Wildman–Crippen MR) is 104 cm³/mol. The SMILES string of the molecule is CCC[C@H]1CC[C@H](CCC2(O)CCC([C@H]3CC[C@H](O)CC3)CC2)CC1. The number of hydrogen-bond donors (Lipinski definition) is 2. The highest BCUT2D eigenvalue weighted by atomic mass is 16.3. The smallest absolute Gasteiger partial charge is 0.0648 e. The molecule has 0 bridgehead atoms. The van der Waals surface area contributed by atoms with Gasteiger partial charge in [0.15, 0.2) is 0 Å². The van der Waals surface area contributed by atoms with Crippen LogP contribution in [-0.2, 0) is 0 Å². The summed E-state index contributed by atoms with van der Waals surface area (Å²) >= 11 is 0. The summed E-state index contributed by atoms with van der Waals surface area (Å²) in [7, 11) is 0. The molecule has 0 aromatic carbocycles. The molecular formula is C23H42O2. The molecule has 3 saturated carbocycles. The van der Waals surface area contributed by atoms with Crippen molar-refractivity contribution in [3.05, 3.63) is 0 Å². The lowest BCUT2D eigenvalue weighted by Gasteiger charge is -2.41. The molecule has 0 radical (unpaired) electrons. The highest BCUT2D eigenvalue weighted by molar-refractivity contribution is 4.89. The molecule has 0 spiro atoms. The van der Waals surface area contributed by atoms with Crippen molar-refractivity contribution in [3.8, 4) is 0 Å². The summed E-state index contributed by atoms with van der Waals surface area (Å²) in [5.74, 6) is 3.52. The van der Waals surface area contributed by atoms with Gasteiger partial charge in [-0.15, -0.1) is 0 Å². The van der Waals surface area contributed by atoms with Crippen molar-refractivity contribution in [2.24, 2.45) is 23.7 Å². The van der Waals surface area contributed by atoms with Crippen LogP contribution in [-0.4, -0.2) is 21.9 Å². The second-order valence-corrected chi connectivity index (χ2v) is 9.84. The summed E-state index contributed by atoms with van der Waals surface area (Å²) in [5, 5.41) is 20.8.